The zero-order valence-corrected chi connectivity index (χ0v) is 13.9. The van der Waals surface area contributed by atoms with Crippen LogP contribution in [-0.4, -0.2) is 33.4 Å². The average Bonchev–Trinajstić information content (AvgIpc) is 2.43. The fourth-order valence-electron chi connectivity index (χ4n) is 1.84. The van der Waals surface area contributed by atoms with Gasteiger partial charge in [-0.15, -0.1) is 0 Å². The van der Waals surface area contributed by atoms with E-state index in [0.717, 1.165) is 12.0 Å². The molecule has 0 aliphatic heterocycles. The highest BCUT2D eigenvalue weighted by molar-refractivity contribution is 7.89. The van der Waals surface area contributed by atoms with E-state index in [2.05, 4.69) is 19.2 Å². The molecule has 1 unspecified atom stereocenters. The lowest BCUT2D eigenvalue weighted by Gasteiger charge is -2.19. The number of rotatable bonds is 7. The van der Waals surface area contributed by atoms with Gasteiger partial charge < -0.3 is 5.32 Å². The van der Waals surface area contributed by atoms with Gasteiger partial charge in [0.2, 0.25) is 10.0 Å². The first-order valence-electron chi connectivity index (χ1n) is 7.02. The van der Waals surface area contributed by atoms with Gasteiger partial charge in [-0.05, 0) is 44.0 Å². The zero-order chi connectivity index (χ0) is 15.3. The van der Waals surface area contributed by atoms with Crippen LogP contribution in [0.15, 0.2) is 29.2 Å². The predicted octanol–water partition coefficient (Wildman–Crippen LogP) is 2.63. The van der Waals surface area contributed by atoms with Gasteiger partial charge in [0.05, 0.1) is 4.90 Å². The second-order valence-electron chi connectivity index (χ2n) is 5.59. The zero-order valence-electron chi connectivity index (χ0n) is 13.1. The maximum absolute atomic E-state index is 12.4. The SMILES string of the molecule is CNC(C)c1ccc(S(=O)(=O)N(C)CCC(C)C)cc1. The van der Waals surface area contributed by atoms with Crippen LogP contribution >= 0.6 is 0 Å². The van der Waals surface area contributed by atoms with E-state index < -0.39 is 10.0 Å². The molecule has 0 radical (unpaired) electrons. The van der Waals surface area contributed by atoms with Crippen molar-refractivity contribution in [1.82, 2.24) is 9.62 Å². The molecule has 0 saturated carbocycles. The molecule has 0 aliphatic rings. The van der Waals surface area contributed by atoms with Crippen molar-refractivity contribution in [2.24, 2.45) is 5.92 Å². The summed E-state index contributed by atoms with van der Waals surface area (Å²) in [4.78, 5) is 0.357. The van der Waals surface area contributed by atoms with E-state index in [1.807, 2.05) is 26.1 Å². The number of hydrogen-bond donors (Lipinski definition) is 1. The molecule has 4 nitrogen and oxygen atoms in total. The number of sulfonamides is 1. The molecule has 0 spiro atoms. The number of hydrogen-bond acceptors (Lipinski definition) is 3. The summed E-state index contributed by atoms with van der Waals surface area (Å²) in [5.41, 5.74) is 1.08. The molecule has 0 amide bonds. The Labute approximate surface area is 123 Å². The van der Waals surface area contributed by atoms with E-state index in [0.29, 0.717) is 17.4 Å². The summed E-state index contributed by atoms with van der Waals surface area (Å²) in [7, 11) is 0.154. The van der Waals surface area contributed by atoms with Crippen LogP contribution in [0.2, 0.25) is 0 Å². The Hall–Kier alpha value is -0.910. The van der Waals surface area contributed by atoms with E-state index in [9.17, 15) is 8.42 Å². The van der Waals surface area contributed by atoms with Crippen LogP contribution in [0.5, 0.6) is 0 Å². The van der Waals surface area contributed by atoms with Gasteiger partial charge in [0.25, 0.3) is 0 Å². The predicted molar refractivity (Wildman–Crippen MR) is 83.2 cm³/mol. The van der Waals surface area contributed by atoms with Crippen LogP contribution in [-0.2, 0) is 10.0 Å². The highest BCUT2D eigenvalue weighted by Gasteiger charge is 2.20. The molecule has 5 heteroatoms. The standard InChI is InChI=1S/C15H26N2O2S/c1-12(2)10-11-17(5)20(18,19)15-8-6-14(7-9-15)13(3)16-4/h6-9,12-13,16H,10-11H2,1-5H3. The molecular formula is C15H26N2O2S. The molecule has 0 heterocycles. The van der Waals surface area contributed by atoms with Crippen LogP contribution in [0, 0.1) is 5.92 Å². The molecule has 1 aromatic rings. The molecule has 1 aromatic carbocycles. The quantitative estimate of drug-likeness (QED) is 0.842. The van der Waals surface area contributed by atoms with E-state index >= 15 is 0 Å². The van der Waals surface area contributed by atoms with E-state index in [4.69, 9.17) is 0 Å². The Bertz CT molecular complexity index is 509. The van der Waals surface area contributed by atoms with E-state index in [1.54, 1.807) is 19.2 Å². The van der Waals surface area contributed by atoms with E-state index in [-0.39, 0.29) is 6.04 Å². The molecule has 1 atom stereocenters. The van der Waals surface area contributed by atoms with Gasteiger partial charge in [-0.3, -0.25) is 0 Å². The van der Waals surface area contributed by atoms with Gasteiger partial charge in [-0.2, -0.15) is 0 Å². The molecule has 114 valence electrons. The smallest absolute Gasteiger partial charge is 0.242 e. The molecule has 20 heavy (non-hydrogen) atoms. The molecular weight excluding hydrogens is 272 g/mol. The summed E-state index contributed by atoms with van der Waals surface area (Å²) < 4.78 is 26.2. The van der Waals surface area contributed by atoms with Crippen molar-refractivity contribution in [3.8, 4) is 0 Å². The molecule has 0 saturated heterocycles. The van der Waals surface area contributed by atoms with Gasteiger partial charge in [0.15, 0.2) is 0 Å². The highest BCUT2D eigenvalue weighted by atomic mass is 32.2. The summed E-state index contributed by atoms with van der Waals surface area (Å²) in [5.74, 6) is 0.492. The first-order chi connectivity index (χ1) is 9.28. The first-order valence-corrected chi connectivity index (χ1v) is 8.46. The maximum Gasteiger partial charge on any atom is 0.242 e. The molecule has 0 fully saturated rings. The second kappa shape index (κ2) is 7.20. The molecule has 0 aromatic heterocycles. The van der Waals surface area contributed by atoms with Crippen LogP contribution in [0.4, 0.5) is 0 Å². The van der Waals surface area contributed by atoms with Crippen molar-refractivity contribution < 1.29 is 8.42 Å². The summed E-state index contributed by atoms with van der Waals surface area (Å²) in [6, 6.07) is 7.31. The lowest BCUT2D eigenvalue weighted by atomic mass is 10.1. The summed E-state index contributed by atoms with van der Waals surface area (Å²) >= 11 is 0. The fraction of sp³-hybridized carbons (Fsp3) is 0.600. The Morgan fingerprint density at radius 3 is 2.15 bits per heavy atom. The Balaban J connectivity index is 2.87. The van der Waals surface area contributed by atoms with Crippen LogP contribution in [0.25, 0.3) is 0 Å². The van der Waals surface area contributed by atoms with Crippen molar-refractivity contribution in [3.63, 3.8) is 0 Å². The van der Waals surface area contributed by atoms with Crippen molar-refractivity contribution in [1.29, 1.82) is 0 Å². The fourth-order valence-corrected chi connectivity index (χ4v) is 3.02. The highest BCUT2D eigenvalue weighted by Crippen LogP contribution is 2.19. The third kappa shape index (κ3) is 4.30. The largest absolute Gasteiger partial charge is 0.313 e. The maximum atomic E-state index is 12.4. The van der Waals surface area contributed by atoms with Gasteiger partial charge in [-0.25, -0.2) is 12.7 Å². The van der Waals surface area contributed by atoms with Crippen molar-refractivity contribution in [3.05, 3.63) is 29.8 Å². The third-order valence-corrected chi connectivity index (χ3v) is 5.41. The molecule has 0 bridgehead atoms. The van der Waals surface area contributed by atoms with Crippen LogP contribution < -0.4 is 5.32 Å². The molecule has 1 rings (SSSR count). The summed E-state index contributed by atoms with van der Waals surface area (Å²) in [5, 5.41) is 3.14. The minimum Gasteiger partial charge on any atom is -0.313 e. The lowest BCUT2D eigenvalue weighted by Crippen LogP contribution is -2.28. The summed E-state index contributed by atoms with van der Waals surface area (Å²) in [6.45, 7) is 6.77. The first kappa shape index (κ1) is 17.1. The minimum absolute atomic E-state index is 0.213. The lowest BCUT2D eigenvalue weighted by molar-refractivity contribution is 0.428. The topological polar surface area (TPSA) is 49.4 Å². The normalized spacial score (nSPS) is 13.9. The Kier molecular flexibility index (Phi) is 6.17. The molecule has 0 aliphatic carbocycles. The number of nitrogens with one attached hydrogen (secondary N) is 1. The van der Waals surface area contributed by atoms with Gasteiger partial charge >= 0.3 is 0 Å². The van der Waals surface area contributed by atoms with Crippen LogP contribution in [0.1, 0.15) is 38.8 Å². The average molecular weight is 298 g/mol. The minimum atomic E-state index is -3.37. The third-order valence-electron chi connectivity index (χ3n) is 3.54. The number of benzene rings is 1. The van der Waals surface area contributed by atoms with Crippen molar-refractivity contribution >= 4 is 10.0 Å². The number of nitrogens with zero attached hydrogens (tertiary/aromatic N) is 1. The second-order valence-corrected chi connectivity index (χ2v) is 7.63. The summed E-state index contributed by atoms with van der Waals surface area (Å²) in [6.07, 6.45) is 0.866. The van der Waals surface area contributed by atoms with Crippen molar-refractivity contribution in [2.45, 2.75) is 38.1 Å². The van der Waals surface area contributed by atoms with Gasteiger partial charge in [0.1, 0.15) is 0 Å². The van der Waals surface area contributed by atoms with Crippen LogP contribution in [0.3, 0.4) is 0 Å². The van der Waals surface area contributed by atoms with Gasteiger partial charge in [-0.1, -0.05) is 26.0 Å². The van der Waals surface area contributed by atoms with Crippen molar-refractivity contribution in [2.75, 3.05) is 20.6 Å². The van der Waals surface area contributed by atoms with Gasteiger partial charge in [0, 0.05) is 19.6 Å². The monoisotopic (exact) mass is 298 g/mol. The Morgan fingerprint density at radius 1 is 1.15 bits per heavy atom. The van der Waals surface area contributed by atoms with E-state index in [1.165, 1.54) is 4.31 Å². The Morgan fingerprint density at radius 2 is 1.70 bits per heavy atom. The molecule has 1 N–H and O–H groups in total.